The van der Waals surface area contributed by atoms with Gasteiger partial charge in [0.05, 0.1) is 13.0 Å². The van der Waals surface area contributed by atoms with E-state index in [0.29, 0.717) is 0 Å². The standard InChI is InChI=1S/C16H20O4/c1-4-5-11-7-6-10(2)16(15(19)20-3)13(18)9-8-12(17)14(11)16/h6-11,14H,4-5H2,1-3H3/t10-,11+,14-,16-/m1/s1. The van der Waals surface area contributed by atoms with Crippen molar-refractivity contribution in [3.8, 4) is 0 Å². The van der Waals surface area contributed by atoms with Crippen molar-refractivity contribution in [2.75, 3.05) is 7.11 Å². The number of allylic oxidation sites excluding steroid dienone is 4. The zero-order chi connectivity index (χ0) is 14.9. The van der Waals surface area contributed by atoms with E-state index in [0.717, 1.165) is 12.8 Å². The van der Waals surface area contributed by atoms with Crippen LogP contribution in [0.2, 0.25) is 0 Å². The lowest BCUT2D eigenvalue weighted by Crippen LogP contribution is -2.57. The van der Waals surface area contributed by atoms with Gasteiger partial charge in [-0.1, -0.05) is 32.4 Å². The highest BCUT2D eigenvalue weighted by Crippen LogP contribution is 2.50. The lowest BCUT2D eigenvalue weighted by Gasteiger charge is -2.45. The number of ether oxygens (including phenoxy) is 1. The van der Waals surface area contributed by atoms with Crippen LogP contribution in [0.25, 0.3) is 0 Å². The van der Waals surface area contributed by atoms with Crippen LogP contribution in [0.1, 0.15) is 26.7 Å². The highest BCUT2D eigenvalue weighted by Gasteiger charge is 2.61. The molecule has 4 nitrogen and oxygen atoms in total. The highest BCUT2D eigenvalue weighted by atomic mass is 16.5. The normalized spacial score (nSPS) is 35.9. The molecular formula is C16H20O4. The number of ketones is 2. The largest absolute Gasteiger partial charge is 0.468 e. The summed E-state index contributed by atoms with van der Waals surface area (Å²) in [4.78, 5) is 37.2. The van der Waals surface area contributed by atoms with Gasteiger partial charge in [0.1, 0.15) is 5.41 Å². The summed E-state index contributed by atoms with van der Waals surface area (Å²) >= 11 is 0. The van der Waals surface area contributed by atoms with Crippen LogP contribution in [-0.2, 0) is 19.1 Å². The molecule has 0 N–H and O–H groups in total. The third kappa shape index (κ3) is 1.86. The maximum absolute atomic E-state index is 12.5. The van der Waals surface area contributed by atoms with E-state index >= 15 is 0 Å². The molecule has 20 heavy (non-hydrogen) atoms. The quantitative estimate of drug-likeness (QED) is 0.450. The number of carbonyl (C=O) groups is 3. The summed E-state index contributed by atoms with van der Waals surface area (Å²) in [6, 6.07) is 0. The smallest absolute Gasteiger partial charge is 0.321 e. The van der Waals surface area contributed by atoms with Crippen molar-refractivity contribution in [2.24, 2.45) is 23.2 Å². The average molecular weight is 276 g/mol. The van der Waals surface area contributed by atoms with Gasteiger partial charge >= 0.3 is 5.97 Å². The molecule has 0 aliphatic heterocycles. The highest BCUT2D eigenvalue weighted by molar-refractivity contribution is 6.19. The maximum atomic E-state index is 12.5. The first kappa shape index (κ1) is 14.7. The van der Waals surface area contributed by atoms with Crippen LogP contribution in [0.5, 0.6) is 0 Å². The number of carbonyl (C=O) groups excluding carboxylic acids is 3. The van der Waals surface area contributed by atoms with Crippen molar-refractivity contribution < 1.29 is 19.1 Å². The van der Waals surface area contributed by atoms with Crippen molar-refractivity contribution in [1.29, 1.82) is 0 Å². The van der Waals surface area contributed by atoms with Crippen molar-refractivity contribution in [3.05, 3.63) is 24.3 Å². The molecule has 0 radical (unpaired) electrons. The summed E-state index contributed by atoms with van der Waals surface area (Å²) in [6.45, 7) is 3.82. The van der Waals surface area contributed by atoms with Crippen molar-refractivity contribution in [3.63, 3.8) is 0 Å². The van der Waals surface area contributed by atoms with Crippen molar-refractivity contribution >= 4 is 17.5 Å². The molecule has 0 spiro atoms. The first-order valence-electron chi connectivity index (χ1n) is 7.03. The van der Waals surface area contributed by atoms with Gasteiger partial charge in [-0.25, -0.2) is 0 Å². The Kier molecular flexibility index (Phi) is 3.93. The van der Waals surface area contributed by atoms with E-state index in [1.807, 2.05) is 19.1 Å². The molecule has 0 saturated carbocycles. The van der Waals surface area contributed by atoms with E-state index in [2.05, 4.69) is 0 Å². The van der Waals surface area contributed by atoms with Crippen molar-refractivity contribution in [1.82, 2.24) is 0 Å². The Morgan fingerprint density at radius 3 is 2.60 bits per heavy atom. The molecule has 0 aromatic carbocycles. The summed E-state index contributed by atoms with van der Waals surface area (Å²) in [7, 11) is 1.27. The minimum Gasteiger partial charge on any atom is -0.468 e. The van der Waals surface area contributed by atoms with Crippen LogP contribution < -0.4 is 0 Å². The van der Waals surface area contributed by atoms with E-state index < -0.39 is 17.3 Å². The number of esters is 1. The molecule has 2 aliphatic rings. The van der Waals surface area contributed by atoms with Gasteiger partial charge < -0.3 is 4.74 Å². The van der Waals surface area contributed by atoms with Gasteiger partial charge in [-0.3, -0.25) is 14.4 Å². The topological polar surface area (TPSA) is 60.4 Å². The SMILES string of the molecule is CCC[C@H]1C=C[C@@H](C)[C@@]2(C(=O)OC)C(=O)C=CC(=O)[C@@H]12. The van der Waals surface area contributed by atoms with Gasteiger partial charge in [0.15, 0.2) is 11.6 Å². The number of methoxy groups -OCH3 is 1. The second-order valence-electron chi connectivity index (χ2n) is 5.56. The molecule has 0 unspecified atom stereocenters. The fourth-order valence-electron chi connectivity index (χ4n) is 3.58. The van der Waals surface area contributed by atoms with E-state index in [9.17, 15) is 14.4 Å². The maximum Gasteiger partial charge on any atom is 0.321 e. The summed E-state index contributed by atoms with van der Waals surface area (Å²) in [5.74, 6) is -2.11. The first-order chi connectivity index (χ1) is 9.49. The monoisotopic (exact) mass is 276 g/mol. The van der Waals surface area contributed by atoms with Crippen molar-refractivity contribution in [2.45, 2.75) is 26.7 Å². The number of hydrogen-bond donors (Lipinski definition) is 0. The summed E-state index contributed by atoms with van der Waals surface area (Å²) in [5.41, 5.74) is -1.38. The third-order valence-corrected chi connectivity index (χ3v) is 4.54. The Hall–Kier alpha value is -1.71. The lowest BCUT2D eigenvalue weighted by molar-refractivity contribution is -0.169. The Bertz CT molecular complexity index is 503. The van der Waals surface area contributed by atoms with Crippen LogP contribution in [0.4, 0.5) is 0 Å². The molecule has 0 fully saturated rings. The minimum absolute atomic E-state index is 0.0864. The fourth-order valence-corrected chi connectivity index (χ4v) is 3.58. The fraction of sp³-hybridized carbons (Fsp3) is 0.562. The van der Waals surface area contributed by atoms with Gasteiger partial charge in [0.2, 0.25) is 0 Å². The summed E-state index contributed by atoms with van der Waals surface area (Å²) < 4.78 is 4.89. The molecule has 0 amide bonds. The average Bonchev–Trinajstić information content (AvgIpc) is 2.44. The first-order valence-corrected chi connectivity index (χ1v) is 7.03. The molecule has 4 atom stereocenters. The Morgan fingerprint density at radius 1 is 1.30 bits per heavy atom. The van der Waals surface area contributed by atoms with Gasteiger partial charge in [-0.05, 0) is 30.4 Å². The minimum atomic E-state index is -1.38. The molecule has 0 aromatic rings. The Morgan fingerprint density at radius 2 is 2.00 bits per heavy atom. The molecule has 0 aromatic heterocycles. The lowest BCUT2D eigenvalue weighted by atomic mass is 9.54. The van der Waals surface area contributed by atoms with Gasteiger partial charge in [0.25, 0.3) is 0 Å². The number of fused-ring (bicyclic) bond motifs is 1. The third-order valence-electron chi connectivity index (χ3n) is 4.54. The summed E-state index contributed by atoms with van der Waals surface area (Å²) in [6.07, 6.45) is 8.06. The summed E-state index contributed by atoms with van der Waals surface area (Å²) in [5, 5.41) is 0. The molecule has 0 bridgehead atoms. The Labute approximate surface area is 118 Å². The second kappa shape index (κ2) is 5.35. The number of rotatable bonds is 3. The van der Waals surface area contributed by atoms with Crippen LogP contribution in [0.15, 0.2) is 24.3 Å². The predicted octanol–water partition coefficient (Wildman–Crippen LogP) is 2.09. The predicted molar refractivity (Wildman–Crippen MR) is 73.8 cm³/mol. The van der Waals surface area contributed by atoms with E-state index in [1.165, 1.54) is 19.3 Å². The van der Waals surface area contributed by atoms with Gasteiger partial charge in [-0.2, -0.15) is 0 Å². The van der Waals surface area contributed by atoms with E-state index in [1.54, 1.807) is 6.92 Å². The van der Waals surface area contributed by atoms with Gasteiger partial charge in [0, 0.05) is 0 Å². The van der Waals surface area contributed by atoms with E-state index in [4.69, 9.17) is 4.74 Å². The van der Waals surface area contributed by atoms with Crippen LogP contribution in [0.3, 0.4) is 0 Å². The zero-order valence-electron chi connectivity index (χ0n) is 12.1. The molecule has 0 saturated heterocycles. The van der Waals surface area contributed by atoms with Crippen LogP contribution in [-0.4, -0.2) is 24.6 Å². The Balaban J connectivity index is 2.62. The van der Waals surface area contributed by atoms with Gasteiger partial charge in [-0.15, -0.1) is 0 Å². The molecule has 4 heteroatoms. The number of hydrogen-bond acceptors (Lipinski definition) is 4. The van der Waals surface area contributed by atoms with Crippen LogP contribution in [0, 0.1) is 23.2 Å². The van der Waals surface area contributed by atoms with Crippen LogP contribution >= 0.6 is 0 Å². The molecule has 2 aliphatic carbocycles. The zero-order valence-corrected chi connectivity index (χ0v) is 12.1. The second-order valence-corrected chi connectivity index (χ2v) is 5.56. The van der Waals surface area contributed by atoms with E-state index in [-0.39, 0.29) is 23.4 Å². The molecular weight excluding hydrogens is 256 g/mol. The molecule has 2 rings (SSSR count). The molecule has 0 heterocycles. The molecule has 108 valence electrons.